The number of rotatable bonds is 4. The predicted octanol–water partition coefficient (Wildman–Crippen LogP) is 6.90. The van der Waals surface area contributed by atoms with Gasteiger partial charge in [0, 0.05) is 35.7 Å². The Morgan fingerprint density at radius 2 is 1.55 bits per heavy atom. The van der Waals surface area contributed by atoms with E-state index in [1.807, 2.05) is 12.1 Å². The molecular weight excluding hydrogens is 380 g/mol. The number of carbonyl (C=O) groups excluding carboxylic acids is 1. The van der Waals surface area contributed by atoms with E-state index in [9.17, 15) is 9.90 Å². The van der Waals surface area contributed by atoms with Crippen molar-refractivity contribution in [3.8, 4) is 0 Å². The van der Waals surface area contributed by atoms with Crippen LogP contribution in [0, 0.1) is 6.92 Å². The van der Waals surface area contributed by atoms with Gasteiger partial charge in [-0.05, 0) is 51.9 Å². The molecule has 0 radical (unpaired) electrons. The summed E-state index contributed by atoms with van der Waals surface area (Å²) >= 11 is 0. The van der Waals surface area contributed by atoms with Gasteiger partial charge in [-0.25, -0.2) is 0 Å². The highest BCUT2D eigenvalue weighted by Crippen LogP contribution is 2.43. The molecule has 0 saturated carbocycles. The van der Waals surface area contributed by atoms with E-state index < -0.39 is 0 Å². The molecule has 2 heteroatoms. The van der Waals surface area contributed by atoms with Crippen LogP contribution in [0.15, 0.2) is 66.5 Å². The van der Waals surface area contributed by atoms with Crippen molar-refractivity contribution in [3.63, 3.8) is 0 Å². The maximum Gasteiger partial charge on any atom is 0.162 e. The van der Waals surface area contributed by atoms with Gasteiger partial charge < -0.3 is 5.11 Å². The largest absolute Gasteiger partial charge is 0.512 e. The Balaban J connectivity index is 1.65. The zero-order valence-corrected chi connectivity index (χ0v) is 19.3. The third kappa shape index (κ3) is 3.80. The summed E-state index contributed by atoms with van der Waals surface area (Å²) in [6.45, 7) is 15.7. The molecule has 0 unspecified atom stereocenters. The van der Waals surface area contributed by atoms with Crippen LogP contribution in [0.25, 0.3) is 5.57 Å². The van der Waals surface area contributed by atoms with Crippen molar-refractivity contribution in [1.82, 2.24) is 0 Å². The van der Waals surface area contributed by atoms with Gasteiger partial charge in [-0.1, -0.05) is 76.8 Å². The van der Waals surface area contributed by atoms with Gasteiger partial charge in [0.2, 0.25) is 0 Å². The molecule has 1 N–H and O–H groups in total. The van der Waals surface area contributed by atoms with Gasteiger partial charge in [0.15, 0.2) is 5.78 Å². The van der Waals surface area contributed by atoms with Crippen molar-refractivity contribution >= 4 is 11.4 Å². The lowest BCUT2D eigenvalue weighted by molar-refractivity contribution is -0.115. The lowest BCUT2D eigenvalue weighted by Crippen LogP contribution is -2.29. The van der Waals surface area contributed by atoms with E-state index in [0.717, 1.165) is 16.7 Å². The average molecular weight is 413 g/mol. The Hall–Kier alpha value is -2.87. The highest BCUT2D eigenvalue weighted by atomic mass is 16.3. The molecule has 0 bridgehead atoms. The maximum atomic E-state index is 12.0. The topological polar surface area (TPSA) is 37.3 Å². The third-order valence-electron chi connectivity index (χ3n) is 6.95. The summed E-state index contributed by atoms with van der Waals surface area (Å²) in [6, 6.07) is 12.9. The van der Waals surface area contributed by atoms with E-state index in [4.69, 9.17) is 0 Å². The predicted molar refractivity (Wildman–Crippen MR) is 129 cm³/mol. The number of ketones is 1. The Morgan fingerprint density at radius 3 is 2.10 bits per heavy atom. The average Bonchev–Trinajstić information content (AvgIpc) is 3.03. The van der Waals surface area contributed by atoms with Crippen LogP contribution >= 0.6 is 0 Å². The van der Waals surface area contributed by atoms with E-state index in [2.05, 4.69) is 77.6 Å². The molecule has 2 nitrogen and oxygen atoms in total. The summed E-state index contributed by atoms with van der Waals surface area (Å²) in [4.78, 5) is 12.0. The van der Waals surface area contributed by atoms with Crippen LogP contribution in [0.5, 0.6) is 0 Å². The summed E-state index contributed by atoms with van der Waals surface area (Å²) in [5.41, 5.74) is 8.85. The van der Waals surface area contributed by atoms with Gasteiger partial charge in [0.05, 0.1) is 5.76 Å². The third-order valence-corrected chi connectivity index (χ3v) is 6.95. The minimum absolute atomic E-state index is 0.0129. The molecule has 2 aliphatic carbocycles. The zero-order chi connectivity index (χ0) is 22.6. The Kier molecular flexibility index (Phi) is 5.08. The number of aryl methyl sites for hydroxylation is 1. The molecule has 0 spiro atoms. The molecule has 160 valence electrons. The van der Waals surface area contributed by atoms with Gasteiger partial charge in [0.1, 0.15) is 0 Å². The van der Waals surface area contributed by atoms with E-state index in [-0.39, 0.29) is 22.4 Å². The fourth-order valence-electron chi connectivity index (χ4n) is 4.77. The molecule has 0 aromatic heterocycles. The summed E-state index contributed by atoms with van der Waals surface area (Å²) < 4.78 is 0. The number of fused-ring (bicyclic) bond motifs is 1. The lowest BCUT2D eigenvalue weighted by Gasteiger charge is -2.37. The number of benzene rings is 2. The standard InChI is InChI=1S/C29H32O2/c1-18-15-24-25(29(5,6)14-13-28(24,3)4)17-22(18)19(2)21-9-7-20(8-10-21)16-23-26(30)11-12-27(23)31/h7-10,13-15,17,30H,2,11-12,16H2,1,3-6H3. The second-order valence-corrected chi connectivity index (χ2v) is 10.2. The summed E-state index contributed by atoms with van der Waals surface area (Å²) in [5.74, 6) is 0.318. The van der Waals surface area contributed by atoms with Gasteiger partial charge >= 0.3 is 0 Å². The van der Waals surface area contributed by atoms with Gasteiger partial charge in [-0.15, -0.1) is 0 Å². The van der Waals surface area contributed by atoms with Crippen molar-refractivity contribution in [2.24, 2.45) is 0 Å². The van der Waals surface area contributed by atoms with E-state index in [1.54, 1.807) is 0 Å². The van der Waals surface area contributed by atoms with Crippen molar-refractivity contribution in [3.05, 3.63) is 99.8 Å². The summed E-state index contributed by atoms with van der Waals surface area (Å²) in [6.07, 6.45) is 6.04. The second-order valence-electron chi connectivity index (χ2n) is 10.2. The van der Waals surface area contributed by atoms with Crippen LogP contribution in [0.4, 0.5) is 0 Å². The monoisotopic (exact) mass is 412 g/mol. The van der Waals surface area contributed by atoms with Crippen LogP contribution in [-0.4, -0.2) is 10.9 Å². The molecule has 31 heavy (non-hydrogen) atoms. The Morgan fingerprint density at radius 1 is 0.968 bits per heavy atom. The van der Waals surface area contributed by atoms with Crippen LogP contribution in [-0.2, 0) is 22.0 Å². The van der Waals surface area contributed by atoms with E-state index in [1.165, 1.54) is 22.3 Å². The molecule has 0 atom stereocenters. The molecule has 0 fully saturated rings. The van der Waals surface area contributed by atoms with Crippen LogP contribution in [0.1, 0.15) is 73.9 Å². The molecule has 0 aliphatic heterocycles. The smallest absolute Gasteiger partial charge is 0.162 e. The fourth-order valence-corrected chi connectivity index (χ4v) is 4.77. The number of carbonyl (C=O) groups is 1. The molecule has 0 saturated heterocycles. The van der Waals surface area contributed by atoms with Gasteiger partial charge in [-0.3, -0.25) is 4.79 Å². The van der Waals surface area contributed by atoms with Crippen molar-refractivity contribution in [2.45, 2.75) is 64.7 Å². The molecule has 2 aliphatic rings. The van der Waals surface area contributed by atoms with Crippen LogP contribution < -0.4 is 0 Å². The zero-order valence-electron chi connectivity index (χ0n) is 19.3. The Labute approximate surface area is 186 Å². The quantitative estimate of drug-likeness (QED) is 0.555. The first-order chi connectivity index (χ1) is 14.5. The number of hydrogen-bond donors (Lipinski definition) is 1. The second kappa shape index (κ2) is 7.37. The molecular formula is C29H32O2. The summed E-state index contributed by atoms with van der Waals surface area (Å²) in [7, 11) is 0. The van der Waals surface area contributed by atoms with Crippen molar-refractivity contribution in [2.75, 3.05) is 0 Å². The minimum atomic E-state index is -0.0129. The maximum absolute atomic E-state index is 12.0. The molecule has 2 aromatic carbocycles. The number of Topliss-reactive ketones (excluding diaryl/α,β-unsaturated/α-hetero) is 1. The molecule has 4 rings (SSSR count). The van der Waals surface area contributed by atoms with E-state index in [0.29, 0.717) is 24.8 Å². The first kappa shape index (κ1) is 21.4. The van der Waals surface area contributed by atoms with Gasteiger partial charge in [0.25, 0.3) is 0 Å². The van der Waals surface area contributed by atoms with Gasteiger partial charge in [-0.2, -0.15) is 0 Å². The highest BCUT2D eigenvalue weighted by Gasteiger charge is 2.33. The molecule has 0 amide bonds. The van der Waals surface area contributed by atoms with Crippen molar-refractivity contribution < 1.29 is 9.90 Å². The number of aliphatic hydroxyl groups is 1. The highest BCUT2D eigenvalue weighted by molar-refractivity contribution is 5.98. The number of aliphatic hydroxyl groups excluding tert-OH is 1. The fraction of sp³-hybridized carbons (Fsp3) is 0.345. The first-order valence-corrected chi connectivity index (χ1v) is 11.1. The minimum Gasteiger partial charge on any atom is -0.512 e. The van der Waals surface area contributed by atoms with Crippen LogP contribution in [0.2, 0.25) is 0 Å². The lowest BCUT2D eigenvalue weighted by atomic mass is 9.67. The number of allylic oxidation sites excluding steroid dienone is 4. The normalized spacial score (nSPS) is 18.9. The van der Waals surface area contributed by atoms with Crippen molar-refractivity contribution in [1.29, 1.82) is 0 Å². The van der Waals surface area contributed by atoms with E-state index >= 15 is 0 Å². The molecule has 0 heterocycles. The first-order valence-electron chi connectivity index (χ1n) is 11.1. The summed E-state index contributed by atoms with van der Waals surface area (Å²) in [5, 5.41) is 9.96. The van der Waals surface area contributed by atoms with Crippen LogP contribution in [0.3, 0.4) is 0 Å². The Bertz CT molecular complexity index is 1140. The molecule has 2 aromatic rings. The number of hydrogen-bond acceptors (Lipinski definition) is 2. The SMILES string of the molecule is C=C(c1ccc(CC2=C(O)CCC2=O)cc1)c1cc2c(cc1C)C(C)(C)C=CC2(C)C.